The van der Waals surface area contributed by atoms with Crippen LogP contribution in [0.15, 0.2) is 48.5 Å². The molecule has 33 heavy (non-hydrogen) atoms. The molecular formula is C27H37ClN2O3. The van der Waals surface area contributed by atoms with Gasteiger partial charge in [0.1, 0.15) is 11.8 Å². The zero-order valence-corrected chi connectivity index (χ0v) is 21.6. The number of carbonyl (C=O) groups is 2. The number of rotatable bonds is 8. The Balaban J connectivity index is 2.23. The van der Waals surface area contributed by atoms with E-state index in [1.165, 1.54) is 5.56 Å². The van der Waals surface area contributed by atoms with E-state index < -0.39 is 11.6 Å². The number of ether oxygens (including phenoxy) is 1. The fourth-order valence-corrected chi connectivity index (χ4v) is 3.66. The Bertz CT molecular complexity index is 943. The van der Waals surface area contributed by atoms with E-state index in [-0.39, 0.29) is 30.4 Å². The topological polar surface area (TPSA) is 58.6 Å². The summed E-state index contributed by atoms with van der Waals surface area (Å²) in [5, 5.41) is 3.55. The fourth-order valence-electron chi connectivity index (χ4n) is 3.46. The minimum absolute atomic E-state index is 0.0366. The average Bonchev–Trinajstić information content (AvgIpc) is 2.71. The van der Waals surface area contributed by atoms with E-state index >= 15 is 0 Å². The van der Waals surface area contributed by atoms with Gasteiger partial charge >= 0.3 is 0 Å². The summed E-state index contributed by atoms with van der Waals surface area (Å²) in [6, 6.07) is 14.5. The zero-order chi connectivity index (χ0) is 24.8. The summed E-state index contributed by atoms with van der Waals surface area (Å²) in [6.45, 7) is 14.1. The van der Waals surface area contributed by atoms with E-state index in [9.17, 15) is 9.59 Å². The monoisotopic (exact) mass is 472 g/mol. The van der Waals surface area contributed by atoms with Crippen LogP contribution in [0.5, 0.6) is 5.75 Å². The Morgan fingerprint density at radius 1 is 1.00 bits per heavy atom. The van der Waals surface area contributed by atoms with Gasteiger partial charge in [-0.05, 0) is 61.9 Å². The van der Waals surface area contributed by atoms with E-state index in [1.807, 2.05) is 70.2 Å². The standard InChI is InChI=1S/C27H37ClN2O3/c1-8-23(25(32)29-27(5,6)7)30(17-19-11-9-10-12-22(19)28)24(31)18-33-21-15-13-20(14-16-21)26(2,3)4/h9-16,23H,8,17-18H2,1-7H3,(H,29,32)/t23-/m1/s1. The van der Waals surface area contributed by atoms with Gasteiger partial charge in [0.2, 0.25) is 5.91 Å². The molecular weight excluding hydrogens is 436 g/mol. The number of hydrogen-bond acceptors (Lipinski definition) is 3. The molecule has 0 aromatic heterocycles. The lowest BCUT2D eigenvalue weighted by Gasteiger charge is -2.33. The molecule has 180 valence electrons. The highest BCUT2D eigenvalue weighted by molar-refractivity contribution is 6.31. The predicted molar refractivity (Wildman–Crippen MR) is 135 cm³/mol. The molecule has 5 nitrogen and oxygen atoms in total. The van der Waals surface area contributed by atoms with Crippen LogP contribution in [-0.2, 0) is 21.5 Å². The summed E-state index contributed by atoms with van der Waals surface area (Å²) in [4.78, 5) is 27.9. The molecule has 1 atom stereocenters. The highest BCUT2D eigenvalue weighted by Crippen LogP contribution is 2.25. The van der Waals surface area contributed by atoms with Crippen molar-refractivity contribution in [3.05, 3.63) is 64.7 Å². The van der Waals surface area contributed by atoms with E-state index in [0.29, 0.717) is 17.2 Å². The Kier molecular flexibility index (Phi) is 8.96. The van der Waals surface area contributed by atoms with Crippen LogP contribution in [-0.4, -0.2) is 34.9 Å². The quantitative estimate of drug-likeness (QED) is 0.533. The molecule has 2 aromatic carbocycles. The van der Waals surface area contributed by atoms with Gasteiger partial charge in [-0.1, -0.05) is 69.6 Å². The second kappa shape index (κ2) is 11.1. The molecule has 0 fully saturated rings. The van der Waals surface area contributed by atoms with Crippen LogP contribution in [0.1, 0.15) is 66.0 Å². The minimum Gasteiger partial charge on any atom is -0.484 e. The predicted octanol–water partition coefficient (Wildman–Crippen LogP) is 5.74. The van der Waals surface area contributed by atoms with Gasteiger partial charge in [0.25, 0.3) is 5.91 Å². The van der Waals surface area contributed by atoms with Gasteiger partial charge in [-0.25, -0.2) is 0 Å². The lowest BCUT2D eigenvalue weighted by atomic mass is 9.87. The molecule has 0 unspecified atom stereocenters. The third kappa shape index (κ3) is 8.08. The first kappa shape index (κ1) is 26.7. The fraction of sp³-hybridized carbons (Fsp3) is 0.481. The molecule has 2 aromatic rings. The lowest BCUT2D eigenvalue weighted by Crippen LogP contribution is -2.54. The first-order valence-electron chi connectivity index (χ1n) is 11.4. The molecule has 0 aliphatic carbocycles. The van der Waals surface area contributed by atoms with Crippen molar-refractivity contribution in [3.8, 4) is 5.75 Å². The van der Waals surface area contributed by atoms with Crippen LogP contribution >= 0.6 is 11.6 Å². The number of carbonyl (C=O) groups excluding carboxylic acids is 2. The van der Waals surface area contributed by atoms with Crippen LogP contribution in [0.4, 0.5) is 0 Å². The highest BCUT2D eigenvalue weighted by atomic mass is 35.5. The SMILES string of the molecule is CC[C@H](C(=O)NC(C)(C)C)N(Cc1ccccc1Cl)C(=O)COc1ccc(C(C)(C)C)cc1. The van der Waals surface area contributed by atoms with Crippen molar-refractivity contribution in [2.75, 3.05) is 6.61 Å². The lowest BCUT2D eigenvalue weighted by molar-refractivity contribution is -0.143. The Morgan fingerprint density at radius 3 is 2.12 bits per heavy atom. The summed E-state index contributed by atoms with van der Waals surface area (Å²) in [5.74, 6) is 0.145. The molecule has 0 heterocycles. The Labute approximate surface area is 203 Å². The molecule has 0 aliphatic heterocycles. The van der Waals surface area contributed by atoms with E-state index in [1.54, 1.807) is 11.0 Å². The average molecular weight is 473 g/mol. The normalized spacial score (nSPS) is 12.7. The molecule has 2 amide bonds. The van der Waals surface area contributed by atoms with Gasteiger partial charge in [0, 0.05) is 17.1 Å². The maximum atomic E-state index is 13.3. The number of amides is 2. The number of hydrogen-bond donors (Lipinski definition) is 1. The van der Waals surface area contributed by atoms with Crippen LogP contribution in [0, 0.1) is 0 Å². The third-order valence-corrected chi connectivity index (χ3v) is 5.63. The van der Waals surface area contributed by atoms with Crippen molar-refractivity contribution < 1.29 is 14.3 Å². The maximum Gasteiger partial charge on any atom is 0.261 e. The van der Waals surface area contributed by atoms with Crippen LogP contribution in [0.2, 0.25) is 5.02 Å². The van der Waals surface area contributed by atoms with Gasteiger partial charge in [0.15, 0.2) is 6.61 Å². The first-order chi connectivity index (χ1) is 15.3. The molecule has 0 spiro atoms. The maximum absolute atomic E-state index is 13.3. The van der Waals surface area contributed by atoms with Gasteiger partial charge in [-0.15, -0.1) is 0 Å². The summed E-state index contributed by atoms with van der Waals surface area (Å²) in [7, 11) is 0. The van der Waals surface area contributed by atoms with Gasteiger partial charge in [-0.3, -0.25) is 9.59 Å². The van der Waals surface area contributed by atoms with E-state index in [2.05, 4.69) is 26.1 Å². The molecule has 0 saturated carbocycles. The van der Waals surface area contributed by atoms with E-state index in [0.717, 1.165) is 5.56 Å². The van der Waals surface area contributed by atoms with Crippen molar-refractivity contribution in [3.63, 3.8) is 0 Å². The number of benzene rings is 2. The van der Waals surface area contributed by atoms with Crippen molar-refractivity contribution in [2.24, 2.45) is 0 Å². The molecule has 6 heteroatoms. The smallest absolute Gasteiger partial charge is 0.261 e. The van der Waals surface area contributed by atoms with Crippen LogP contribution in [0.3, 0.4) is 0 Å². The third-order valence-electron chi connectivity index (χ3n) is 5.27. The van der Waals surface area contributed by atoms with E-state index in [4.69, 9.17) is 16.3 Å². The number of nitrogens with zero attached hydrogens (tertiary/aromatic N) is 1. The largest absolute Gasteiger partial charge is 0.484 e. The van der Waals surface area contributed by atoms with Crippen molar-refractivity contribution in [2.45, 2.75) is 78.4 Å². The molecule has 0 bridgehead atoms. The van der Waals surface area contributed by atoms with Gasteiger partial charge < -0.3 is 15.0 Å². The van der Waals surface area contributed by atoms with Crippen molar-refractivity contribution in [1.29, 1.82) is 0 Å². The summed E-state index contributed by atoms with van der Waals surface area (Å²) >= 11 is 6.36. The number of halogens is 1. The highest BCUT2D eigenvalue weighted by Gasteiger charge is 2.31. The second-order valence-electron chi connectivity index (χ2n) is 10.3. The summed E-state index contributed by atoms with van der Waals surface area (Å²) in [6.07, 6.45) is 0.471. The molecule has 1 N–H and O–H groups in total. The second-order valence-corrected chi connectivity index (χ2v) is 10.7. The molecule has 0 aliphatic rings. The summed E-state index contributed by atoms with van der Waals surface area (Å²) in [5.41, 5.74) is 1.60. The van der Waals surface area contributed by atoms with Crippen LogP contribution < -0.4 is 10.1 Å². The van der Waals surface area contributed by atoms with Gasteiger partial charge in [-0.2, -0.15) is 0 Å². The zero-order valence-electron chi connectivity index (χ0n) is 20.9. The minimum atomic E-state index is -0.639. The summed E-state index contributed by atoms with van der Waals surface area (Å²) < 4.78 is 5.80. The molecule has 0 saturated heterocycles. The van der Waals surface area contributed by atoms with Crippen molar-refractivity contribution in [1.82, 2.24) is 10.2 Å². The van der Waals surface area contributed by atoms with Crippen LogP contribution in [0.25, 0.3) is 0 Å². The number of nitrogens with one attached hydrogen (secondary N) is 1. The first-order valence-corrected chi connectivity index (χ1v) is 11.8. The molecule has 0 radical (unpaired) electrons. The van der Waals surface area contributed by atoms with Gasteiger partial charge in [0.05, 0.1) is 0 Å². The molecule has 2 rings (SSSR count). The van der Waals surface area contributed by atoms with Crippen molar-refractivity contribution >= 4 is 23.4 Å². The Morgan fingerprint density at radius 2 is 1.61 bits per heavy atom. The Hall–Kier alpha value is -2.53.